The molecule has 3 rings (SSSR count). The number of hydrogen-bond donors (Lipinski definition) is 1. The smallest absolute Gasteiger partial charge is 0.129 e. The predicted octanol–water partition coefficient (Wildman–Crippen LogP) is 2.08. The van der Waals surface area contributed by atoms with Gasteiger partial charge in [0.15, 0.2) is 0 Å². The van der Waals surface area contributed by atoms with E-state index < -0.39 is 0 Å². The first-order valence-electron chi connectivity index (χ1n) is 9.46. The van der Waals surface area contributed by atoms with Gasteiger partial charge in [-0.3, -0.25) is 4.90 Å². The van der Waals surface area contributed by atoms with Crippen LogP contribution in [0.3, 0.4) is 0 Å². The third-order valence-corrected chi connectivity index (χ3v) is 5.44. The van der Waals surface area contributed by atoms with E-state index in [9.17, 15) is 0 Å². The molecule has 0 bridgehead atoms. The lowest BCUT2D eigenvalue weighted by molar-refractivity contribution is 0.115. The van der Waals surface area contributed by atoms with Gasteiger partial charge < -0.3 is 15.5 Å². The molecule has 3 heterocycles. The fraction of sp³-hybridized carbons (Fsp3) is 0.737. The number of hydrogen-bond acceptors (Lipinski definition) is 5. The highest BCUT2D eigenvalue weighted by Crippen LogP contribution is 2.23. The van der Waals surface area contributed by atoms with E-state index in [1.165, 1.54) is 25.9 Å². The molecule has 0 atom stereocenters. The van der Waals surface area contributed by atoms with Gasteiger partial charge in [0.2, 0.25) is 0 Å². The lowest BCUT2D eigenvalue weighted by Gasteiger charge is -2.42. The van der Waals surface area contributed by atoms with E-state index in [0.717, 1.165) is 55.8 Å². The van der Waals surface area contributed by atoms with Crippen molar-refractivity contribution in [3.8, 4) is 0 Å². The van der Waals surface area contributed by atoms with E-state index in [0.29, 0.717) is 5.92 Å². The van der Waals surface area contributed by atoms with E-state index in [1.54, 1.807) is 0 Å². The van der Waals surface area contributed by atoms with E-state index >= 15 is 0 Å². The predicted molar refractivity (Wildman–Crippen MR) is 101 cm³/mol. The molecule has 2 saturated heterocycles. The molecule has 0 aliphatic carbocycles. The van der Waals surface area contributed by atoms with Crippen LogP contribution in [0, 0.1) is 5.92 Å². The van der Waals surface area contributed by atoms with E-state index in [-0.39, 0.29) is 0 Å². The molecular formula is C19H33N5. The third-order valence-electron chi connectivity index (χ3n) is 5.44. The monoisotopic (exact) mass is 331 g/mol. The van der Waals surface area contributed by atoms with E-state index in [2.05, 4.69) is 41.7 Å². The maximum atomic E-state index is 6.10. The van der Waals surface area contributed by atoms with E-state index in [4.69, 9.17) is 10.7 Å². The van der Waals surface area contributed by atoms with Crippen LogP contribution in [0.1, 0.15) is 32.4 Å². The largest absolute Gasteiger partial charge is 0.397 e. The van der Waals surface area contributed by atoms with Crippen LogP contribution in [0.2, 0.25) is 0 Å². The summed E-state index contributed by atoms with van der Waals surface area (Å²) in [6.45, 7) is 11.4. The van der Waals surface area contributed by atoms with Crippen molar-refractivity contribution in [2.24, 2.45) is 5.92 Å². The molecule has 5 heteroatoms. The number of anilines is 2. The lowest BCUT2D eigenvalue weighted by Crippen LogP contribution is -2.53. The van der Waals surface area contributed by atoms with Crippen molar-refractivity contribution in [3.05, 3.63) is 17.8 Å². The summed E-state index contributed by atoms with van der Waals surface area (Å²) in [5, 5.41) is 0. The average Bonchev–Trinajstić information content (AvgIpc) is 2.57. The molecule has 0 spiro atoms. The Balaban J connectivity index is 1.58. The summed E-state index contributed by atoms with van der Waals surface area (Å²) in [7, 11) is 2.23. The highest BCUT2D eigenvalue weighted by molar-refractivity contribution is 5.51. The van der Waals surface area contributed by atoms with Crippen LogP contribution in [0.5, 0.6) is 0 Å². The van der Waals surface area contributed by atoms with Gasteiger partial charge >= 0.3 is 0 Å². The first-order chi connectivity index (χ1) is 11.5. The summed E-state index contributed by atoms with van der Waals surface area (Å²) in [5.41, 5.74) is 7.99. The number of piperazine rings is 1. The van der Waals surface area contributed by atoms with Crippen molar-refractivity contribution in [2.45, 2.75) is 39.2 Å². The normalized spacial score (nSPS) is 21.6. The van der Waals surface area contributed by atoms with Crippen molar-refractivity contribution >= 4 is 11.5 Å². The minimum absolute atomic E-state index is 0.580. The maximum absolute atomic E-state index is 6.10. The van der Waals surface area contributed by atoms with Crippen molar-refractivity contribution < 1.29 is 0 Å². The molecule has 0 saturated carbocycles. The Labute approximate surface area is 146 Å². The van der Waals surface area contributed by atoms with Crippen molar-refractivity contribution in [1.82, 2.24) is 14.8 Å². The Bertz CT molecular complexity index is 529. The molecule has 5 nitrogen and oxygen atoms in total. The molecular weight excluding hydrogens is 298 g/mol. The molecule has 2 aliphatic rings. The molecule has 2 N–H and O–H groups in total. The number of nitrogens with two attached hydrogens (primary N) is 1. The number of nitrogen functional groups attached to an aromatic ring is 1. The Morgan fingerprint density at radius 2 is 1.75 bits per heavy atom. The Morgan fingerprint density at radius 3 is 2.38 bits per heavy atom. The summed E-state index contributed by atoms with van der Waals surface area (Å²) in [4.78, 5) is 12.4. The van der Waals surface area contributed by atoms with Crippen LogP contribution in [0.15, 0.2) is 12.1 Å². The highest BCUT2D eigenvalue weighted by Gasteiger charge is 2.27. The van der Waals surface area contributed by atoms with Gasteiger partial charge in [-0.1, -0.05) is 13.8 Å². The van der Waals surface area contributed by atoms with Gasteiger partial charge in [-0.05, 0) is 57.5 Å². The number of likely N-dealkylation sites (tertiary alicyclic amines) is 1. The standard InChI is InChI=1S/C19H33N5/c1-15(2)14-18-17(20)4-5-19(21-18)24-12-10-23(11-13-24)16-6-8-22(3)9-7-16/h4-5,15-16H,6-14,20H2,1-3H3. The molecule has 2 aliphatic heterocycles. The second kappa shape index (κ2) is 7.70. The number of pyridine rings is 1. The van der Waals surface area contributed by atoms with E-state index in [1.807, 2.05) is 6.07 Å². The maximum Gasteiger partial charge on any atom is 0.129 e. The summed E-state index contributed by atoms with van der Waals surface area (Å²) >= 11 is 0. The zero-order valence-corrected chi connectivity index (χ0v) is 15.5. The fourth-order valence-electron chi connectivity index (χ4n) is 3.90. The molecule has 0 unspecified atom stereocenters. The minimum atomic E-state index is 0.580. The SMILES string of the molecule is CC(C)Cc1nc(N2CCN(C3CCN(C)CC3)CC2)ccc1N. The Kier molecular flexibility index (Phi) is 5.61. The topological polar surface area (TPSA) is 48.6 Å². The van der Waals surface area contributed by atoms with Crippen molar-refractivity contribution in [1.29, 1.82) is 0 Å². The van der Waals surface area contributed by atoms with Gasteiger partial charge in [-0.25, -0.2) is 4.98 Å². The average molecular weight is 332 g/mol. The highest BCUT2D eigenvalue weighted by atomic mass is 15.3. The van der Waals surface area contributed by atoms with Crippen molar-refractivity contribution in [3.63, 3.8) is 0 Å². The molecule has 24 heavy (non-hydrogen) atoms. The van der Waals surface area contributed by atoms with Crippen LogP contribution in [0.4, 0.5) is 11.5 Å². The molecule has 0 amide bonds. The van der Waals surface area contributed by atoms with Gasteiger partial charge in [-0.15, -0.1) is 0 Å². The number of rotatable bonds is 4. The molecule has 1 aromatic heterocycles. The fourth-order valence-corrected chi connectivity index (χ4v) is 3.90. The van der Waals surface area contributed by atoms with Crippen LogP contribution in [0.25, 0.3) is 0 Å². The molecule has 1 aromatic rings. The van der Waals surface area contributed by atoms with Gasteiger partial charge in [-0.2, -0.15) is 0 Å². The summed E-state index contributed by atoms with van der Waals surface area (Å²) in [6, 6.07) is 4.90. The number of aromatic nitrogens is 1. The molecule has 2 fully saturated rings. The molecule has 0 aromatic carbocycles. The van der Waals surface area contributed by atoms with Crippen molar-refractivity contribution in [2.75, 3.05) is 56.9 Å². The molecule has 134 valence electrons. The third kappa shape index (κ3) is 4.19. The summed E-state index contributed by atoms with van der Waals surface area (Å²) < 4.78 is 0. The zero-order valence-electron chi connectivity index (χ0n) is 15.5. The Morgan fingerprint density at radius 1 is 1.08 bits per heavy atom. The second-order valence-corrected chi connectivity index (χ2v) is 7.86. The number of piperidine rings is 1. The number of nitrogens with zero attached hydrogens (tertiary/aromatic N) is 4. The summed E-state index contributed by atoms with van der Waals surface area (Å²) in [6.07, 6.45) is 3.58. The van der Waals surface area contributed by atoms with Crippen LogP contribution < -0.4 is 10.6 Å². The van der Waals surface area contributed by atoms with Crippen LogP contribution in [-0.2, 0) is 6.42 Å². The minimum Gasteiger partial charge on any atom is -0.397 e. The lowest BCUT2D eigenvalue weighted by atomic mass is 10.0. The first kappa shape index (κ1) is 17.5. The summed E-state index contributed by atoms with van der Waals surface area (Å²) in [5.74, 6) is 1.68. The van der Waals surface area contributed by atoms with Crippen LogP contribution >= 0.6 is 0 Å². The van der Waals surface area contributed by atoms with Gasteiger partial charge in [0.05, 0.1) is 11.4 Å². The quantitative estimate of drug-likeness (QED) is 0.915. The second-order valence-electron chi connectivity index (χ2n) is 7.86. The van der Waals surface area contributed by atoms with Gasteiger partial charge in [0.1, 0.15) is 5.82 Å². The molecule has 0 radical (unpaired) electrons. The zero-order chi connectivity index (χ0) is 17.1. The van der Waals surface area contributed by atoms with Gasteiger partial charge in [0.25, 0.3) is 0 Å². The Hall–Kier alpha value is -1.33. The first-order valence-corrected chi connectivity index (χ1v) is 9.46. The van der Waals surface area contributed by atoms with Crippen LogP contribution in [-0.4, -0.2) is 67.1 Å². The van der Waals surface area contributed by atoms with Gasteiger partial charge in [0, 0.05) is 32.2 Å².